The van der Waals surface area contributed by atoms with E-state index >= 15 is 0 Å². The zero-order chi connectivity index (χ0) is 16.8. The molecule has 0 aliphatic carbocycles. The molecule has 7 heteroatoms. The van der Waals surface area contributed by atoms with Gasteiger partial charge in [-0.1, -0.05) is 12.1 Å². The molecule has 0 bridgehead atoms. The van der Waals surface area contributed by atoms with E-state index in [-0.39, 0.29) is 25.2 Å². The van der Waals surface area contributed by atoms with Gasteiger partial charge in [-0.15, -0.1) is 0 Å². The van der Waals surface area contributed by atoms with Crippen molar-refractivity contribution in [3.05, 3.63) is 40.3 Å². The third kappa shape index (κ3) is 2.62. The first-order valence-electron chi connectivity index (χ1n) is 7.47. The van der Waals surface area contributed by atoms with Crippen molar-refractivity contribution in [3.63, 3.8) is 0 Å². The van der Waals surface area contributed by atoms with Crippen LogP contribution in [-0.2, 0) is 7.05 Å². The first-order chi connectivity index (χ1) is 10.8. The van der Waals surface area contributed by atoms with Gasteiger partial charge in [-0.25, -0.2) is 4.98 Å². The fourth-order valence-electron chi connectivity index (χ4n) is 2.78. The van der Waals surface area contributed by atoms with E-state index in [1.54, 1.807) is 31.3 Å². The molecule has 1 saturated heterocycles. The van der Waals surface area contributed by atoms with E-state index in [1.807, 2.05) is 0 Å². The van der Waals surface area contributed by atoms with Gasteiger partial charge in [0.1, 0.15) is 0 Å². The molecule has 0 spiro atoms. The first-order valence-corrected chi connectivity index (χ1v) is 7.47. The van der Waals surface area contributed by atoms with E-state index in [0.717, 1.165) is 0 Å². The molecule has 1 fully saturated rings. The van der Waals surface area contributed by atoms with Gasteiger partial charge in [0.05, 0.1) is 22.7 Å². The molecule has 2 heterocycles. The summed E-state index contributed by atoms with van der Waals surface area (Å²) in [4.78, 5) is 30.6. The zero-order valence-corrected chi connectivity index (χ0v) is 13.1. The first kappa shape index (κ1) is 15.6. The molecule has 2 aromatic rings. The van der Waals surface area contributed by atoms with Crippen LogP contribution in [0.3, 0.4) is 0 Å². The zero-order valence-electron chi connectivity index (χ0n) is 13.1. The van der Waals surface area contributed by atoms with E-state index in [1.165, 1.54) is 16.4 Å². The quantitative estimate of drug-likeness (QED) is 0.765. The number of hydrogen-bond acceptors (Lipinski definition) is 5. The SMILES string of the molecule is Cn1c(=O)c(C(=O)N2CCC(C)(O)C(O)C2)nc2ccccc21. The maximum absolute atomic E-state index is 12.6. The van der Waals surface area contributed by atoms with Crippen molar-refractivity contribution in [3.8, 4) is 0 Å². The molecule has 0 radical (unpaired) electrons. The van der Waals surface area contributed by atoms with E-state index in [9.17, 15) is 19.8 Å². The number of rotatable bonds is 1. The van der Waals surface area contributed by atoms with Crippen LogP contribution in [0.15, 0.2) is 29.1 Å². The maximum atomic E-state index is 12.6. The number of piperidine rings is 1. The van der Waals surface area contributed by atoms with Gasteiger partial charge in [0.2, 0.25) is 0 Å². The van der Waals surface area contributed by atoms with E-state index in [4.69, 9.17) is 0 Å². The Morgan fingerprint density at radius 1 is 1.39 bits per heavy atom. The van der Waals surface area contributed by atoms with Gasteiger partial charge in [-0.05, 0) is 25.5 Å². The van der Waals surface area contributed by atoms with Crippen molar-refractivity contribution in [2.24, 2.45) is 7.05 Å². The van der Waals surface area contributed by atoms with Crippen LogP contribution in [0.25, 0.3) is 11.0 Å². The van der Waals surface area contributed by atoms with Gasteiger partial charge in [0.15, 0.2) is 5.69 Å². The Morgan fingerprint density at radius 2 is 2.09 bits per heavy atom. The summed E-state index contributed by atoms with van der Waals surface area (Å²) in [5, 5.41) is 19.9. The van der Waals surface area contributed by atoms with E-state index < -0.39 is 23.2 Å². The number of β-amino-alcohol motifs (C(OH)–C–C–N with tert-alkyl or cyclic N) is 1. The van der Waals surface area contributed by atoms with E-state index in [2.05, 4.69) is 4.98 Å². The van der Waals surface area contributed by atoms with Crippen LogP contribution >= 0.6 is 0 Å². The van der Waals surface area contributed by atoms with Crippen LogP contribution in [0.2, 0.25) is 0 Å². The second-order valence-corrected chi connectivity index (χ2v) is 6.19. The average Bonchev–Trinajstić information content (AvgIpc) is 2.53. The largest absolute Gasteiger partial charge is 0.388 e. The van der Waals surface area contributed by atoms with Gasteiger partial charge in [-0.3, -0.25) is 9.59 Å². The van der Waals surface area contributed by atoms with Crippen LogP contribution < -0.4 is 5.56 Å². The highest BCUT2D eigenvalue weighted by atomic mass is 16.3. The fraction of sp³-hybridized carbons (Fsp3) is 0.438. The molecule has 0 saturated carbocycles. The number of amides is 1. The summed E-state index contributed by atoms with van der Waals surface area (Å²) in [6.45, 7) is 1.77. The summed E-state index contributed by atoms with van der Waals surface area (Å²) in [6, 6.07) is 7.09. The topological polar surface area (TPSA) is 95.7 Å². The number of nitrogens with zero attached hydrogens (tertiary/aromatic N) is 3. The van der Waals surface area contributed by atoms with Crippen molar-refractivity contribution in [2.45, 2.75) is 25.0 Å². The molecular formula is C16H19N3O4. The molecule has 2 atom stereocenters. The summed E-state index contributed by atoms with van der Waals surface area (Å²) in [5.41, 5.74) is -0.655. The molecule has 122 valence electrons. The second-order valence-electron chi connectivity index (χ2n) is 6.19. The Morgan fingerprint density at radius 3 is 2.78 bits per heavy atom. The molecule has 1 aliphatic heterocycles. The Balaban J connectivity index is 1.99. The number of likely N-dealkylation sites (tertiary alicyclic amines) is 1. The van der Waals surface area contributed by atoms with Crippen molar-refractivity contribution in [1.82, 2.24) is 14.5 Å². The standard InChI is InChI=1S/C16H19N3O4/c1-16(23)7-8-19(9-12(16)20)15(22)13-14(21)18(2)11-6-4-3-5-10(11)17-13/h3-6,12,20,23H,7-9H2,1-2H3. The van der Waals surface area contributed by atoms with Crippen molar-refractivity contribution in [1.29, 1.82) is 0 Å². The molecule has 3 rings (SSSR count). The van der Waals surface area contributed by atoms with Crippen LogP contribution in [0.1, 0.15) is 23.8 Å². The molecule has 1 amide bonds. The Bertz CT molecular complexity index is 828. The lowest BCUT2D eigenvalue weighted by molar-refractivity contribution is -0.1000. The highest BCUT2D eigenvalue weighted by Crippen LogP contribution is 2.22. The number of aliphatic hydroxyl groups excluding tert-OH is 1. The van der Waals surface area contributed by atoms with Crippen molar-refractivity contribution >= 4 is 16.9 Å². The summed E-state index contributed by atoms with van der Waals surface area (Å²) in [7, 11) is 1.60. The third-order valence-corrected chi connectivity index (χ3v) is 4.47. The molecule has 23 heavy (non-hydrogen) atoms. The highest BCUT2D eigenvalue weighted by molar-refractivity contribution is 5.94. The van der Waals surface area contributed by atoms with Crippen molar-refractivity contribution < 1.29 is 15.0 Å². The van der Waals surface area contributed by atoms with Crippen LogP contribution in [-0.4, -0.2) is 55.4 Å². The number of aliphatic hydroxyl groups is 2. The molecule has 1 aromatic carbocycles. The minimum absolute atomic E-state index is 0.0243. The van der Waals surface area contributed by atoms with Crippen LogP contribution in [0.5, 0.6) is 0 Å². The normalized spacial score (nSPS) is 24.9. The van der Waals surface area contributed by atoms with Gasteiger partial charge in [-0.2, -0.15) is 0 Å². The van der Waals surface area contributed by atoms with Crippen LogP contribution in [0, 0.1) is 0 Å². The summed E-state index contributed by atoms with van der Waals surface area (Å²) >= 11 is 0. The Kier molecular flexibility index (Phi) is 3.69. The predicted molar refractivity (Wildman–Crippen MR) is 84.1 cm³/mol. The van der Waals surface area contributed by atoms with Gasteiger partial charge < -0.3 is 19.7 Å². The number of hydrogen-bond donors (Lipinski definition) is 2. The number of para-hydroxylation sites is 2. The predicted octanol–water partition coefficient (Wildman–Crippen LogP) is -0.109. The number of carbonyl (C=O) groups excluding carboxylic acids is 1. The second kappa shape index (κ2) is 5.43. The molecule has 2 unspecified atom stereocenters. The number of fused-ring (bicyclic) bond motifs is 1. The Hall–Kier alpha value is -2.25. The number of benzene rings is 1. The van der Waals surface area contributed by atoms with Crippen molar-refractivity contribution in [2.75, 3.05) is 13.1 Å². The summed E-state index contributed by atoms with van der Waals surface area (Å²) in [5.74, 6) is -0.522. The summed E-state index contributed by atoms with van der Waals surface area (Å²) in [6.07, 6.45) is -0.808. The molecule has 1 aliphatic rings. The highest BCUT2D eigenvalue weighted by Gasteiger charge is 2.38. The van der Waals surface area contributed by atoms with E-state index in [0.29, 0.717) is 11.0 Å². The van der Waals surface area contributed by atoms with Gasteiger partial charge in [0, 0.05) is 20.1 Å². The third-order valence-electron chi connectivity index (χ3n) is 4.47. The van der Waals surface area contributed by atoms with Gasteiger partial charge in [0.25, 0.3) is 11.5 Å². The lowest BCUT2D eigenvalue weighted by Gasteiger charge is -2.39. The molecule has 7 nitrogen and oxygen atoms in total. The Labute approximate surface area is 132 Å². The molecule has 2 N–H and O–H groups in total. The summed E-state index contributed by atoms with van der Waals surface area (Å²) < 4.78 is 1.39. The smallest absolute Gasteiger partial charge is 0.282 e. The number of carbonyl (C=O) groups is 1. The average molecular weight is 317 g/mol. The fourth-order valence-corrected chi connectivity index (χ4v) is 2.78. The molecule has 1 aromatic heterocycles. The maximum Gasteiger partial charge on any atom is 0.282 e. The number of aryl methyl sites for hydroxylation is 1. The lowest BCUT2D eigenvalue weighted by Crippen LogP contribution is -2.55. The lowest BCUT2D eigenvalue weighted by atomic mass is 9.90. The van der Waals surface area contributed by atoms with Gasteiger partial charge >= 0.3 is 0 Å². The van der Waals surface area contributed by atoms with Crippen LogP contribution in [0.4, 0.5) is 0 Å². The minimum Gasteiger partial charge on any atom is -0.388 e. The monoisotopic (exact) mass is 317 g/mol. The molecular weight excluding hydrogens is 298 g/mol. The minimum atomic E-state index is -1.22. The number of aromatic nitrogens is 2.